The molecule has 1 saturated carbocycles. The average Bonchev–Trinajstić information content (AvgIpc) is 2.95. The number of amides is 1. The van der Waals surface area contributed by atoms with Crippen LogP contribution in [0.1, 0.15) is 52.0 Å². The van der Waals surface area contributed by atoms with E-state index >= 15 is 0 Å². The van der Waals surface area contributed by atoms with E-state index in [2.05, 4.69) is 32.6 Å². The Balaban J connectivity index is 0.00000288. The molecule has 4 nitrogen and oxygen atoms in total. The molecule has 2 rings (SSSR count). The van der Waals surface area contributed by atoms with Gasteiger partial charge in [-0.2, -0.15) is 0 Å². The summed E-state index contributed by atoms with van der Waals surface area (Å²) >= 11 is 3.51. The van der Waals surface area contributed by atoms with E-state index < -0.39 is 0 Å². The van der Waals surface area contributed by atoms with Crippen LogP contribution in [0.15, 0.2) is 22.7 Å². The molecular weight excluding hydrogens is 392 g/mol. The molecule has 0 saturated heterocycles. The first kappa shape index (κ1) is 21.3. The smallest absolute Gasteiger partial charge is 0.258 e. The minimum atomic E-state index is -0.243. The summed E-state index contributed by atoms with van der Waals surface area (Å²) in [6.45, 7) is 6.68. The molecule has 1 fully saturated rings. The molecule has 6 heteroatoms. The van der Waals surface area contributed by atoms with Crippen LogP contribution in [0, 0.1) is 0 Å². The van der Waals surface area contributed by atoms with Crippen LogP contribution in [0.2, 0.25) is 0 Å². The molecular formula is C18H28BrClN2O2. The minimum absolute atomic E-state index is 0. The zero-order valence-electron chi connectivity index (χ0n) is 14.7. The van der Waals surface area contributed by atoms with Crippen molar-refractivity contribution in [2.24, 2.45) is 0 Å². The normalized spacial score (nSPS) is 15.0. The van der Waals surface area contributed by atoms with Gasteiger partial charge in [0.05, 0.1) is 0 Å². The molecule has 136 valence electrons. The fraction of sp³-hybridized carbons (Fsp3) is 0.611. The first-order chi connectivity index (χ1) is 10.8. The van der Waals surface area contributed by atoms with Gasteiger partial charge < -0.3 is 15.4 Å². The second-order valence-corrected chi connectivity index (χ2v) is 8.12. The molecule has 1 aromatic rings. The van der Waals surface area contributed by atoms with E-state index in [1.54, 1.807) is 0 Å². The van der Waals surface area contributed by atoms with Crippen LogP contribution >= 0.6 is 28.3 Å². The highest BCUT2D eigenvalue weighted by Crippen LogP contribution is 2.25. The third kappa shape index (κ3) is 7.41. The summed E-state index contributed by atoms with van der Waals surface area (Å²) in [5, 5.41) is 6.50. The van der Waals surface area contributed by atoms with Crippen molar-refractivity contribution in [2.75, 3.05) is 6.61 Å². The van der Waals surface area contributed by atoms with E-state index in [4.69, 9.17) is 4.74 Å². The van der Waals surface area contributed by atoms with Crippen molar-refractivity contribution in [1.82, 2.24) is 10.6 Å². The Bertz CT molecular complexity index is 540. The molecule has 0 atom stereocenters. The number of carbonyl (C=O) groups is 1. The number of nitrogens with one attached hydrogen (secondary N) is 2. The number of carbonyl (C=O) groups excluding carboxylic acids is 1. The van der Waals surface area contributed by atoms with Crippen molar-refractivity contribution < 1.29 is 9.53 Å². The van der Waals surface area contributed by atoms with Crippen LogP contribution in [0.5, 0.6) is 5.75 Å². The Morgan fingerprint density at radius 1 is 1.29 bits per heavy atom. The van der Waals surface area contributed by atoms with E-state index in [-0.39, 0.29) is 30.5 Å². The van der Waals surface area contributed by atoms with E-state index in [1.165, 1.54) is 25.7 Å². The van der Waals surface area contributed by atoms with Crippen LogP contribution in [-0.2, 0) is 11.3 Å². The number of benzene rings is 1. The summed E-state index contributed by atoms with van der Waals surface area (Å²) < 4.78 is 6.76. The van der Waals surface area contributed by atoms with Crippen molar-refractivity contribution in [3.8, 4) is 5.75 Å². The lowest BCUT2D eigenvalue weighted by molar-refractivity contribution is -0.124. The quantitative estimate of drug-likeness (QED) is 0.726. The van der Waals surface area contributed by atoms with E-state index in [0.717, 1.165) is 22.3 Å². The van der Waals surface area contributed by atoms with Crippen molar-refractivity contribution >= 4 is 34.2 Å². The Kier molecular flexibility index (Phi) is 8.54. The lowest BCUT2D eigenvalue weighted by atomic mass is 10.1. The number of halogens is 2. The van der Waals surface area contributed by atoms with Crippen LogP contribution in [-0.4, -0.2) is 24.1 Å². The molecule has 1 aliphatic carbocycles. The summed E-state index contributed by atoms with van der Waals surface area (Å²) in [6, 6.07) is 6.51. The predicted molar refractivity (Wildman–Crippen MR) is 104 cm³/mol. The molecule has 0 radical (unpaired) electrons. The average molecular weight is 420 g/mol. The maximum absolute atomic E-state index is 11.9. The highest BCUT2D eigenvalue weighted by molar-refractivity contribution is 9.10. The maximum Gasteiger partial charge on any atom is 0.258 e. The van der Waals surface area contributed by atoms with Crippen LogP contribution in [0.3, 0.4) is 0 Å². The second kappa shape index (κ2) is 9.64. The van der Waals surface area contributed by atoms with Gasteiger partial charge in [-0.3, -0.25) is 4.79 Å². The molecule has 0 aliphatic heterocycles. The van der Waals surface area contributed by atoms with Gasteiger partial charge in [-0.25, -0.2) is 0 Å². The second-order valence-electron chi connectivity index (χ2n) is 7.20. The Hall–Kier alpha value is -0.780. The molecule has 0 unspecified atom stereocenters. The number of hydrogen-bond donors (Lipinski definition) is 2. The monoisotopic (exact) mass is 418 g/mol. The molecule has 0 bridgehead atoms. The van der Waals surface area contributed by atoms with Crippen molar-refractivity contribution in [2.45, 2.75) is 64.6 Å². The number of rotatable bonds is 6. The van der Waals surface area contributed by atoms with Crippen LogP contribution in [0.25, 0.3) is 0 Å². The minimum Gasteiger partial charge on any atom is -0.483 e. The van der Waals surface area contributed by atoms with Gasteiger partial charge in [0.25, 0.3) is 5.91 Å². The van der Waals surface area contributed by atoms with Gasteiger partial charge in [-0.05, 0) is 51.8 Å². The highest BCUT2D eigenvalue weighted by Gasteiger charge is 2.17. The molecule has 1 aliphatic rings. The molecule has 0 heterocycles. The van der Waals surface area contributed by atoms with Gasteiger partial charge >= 0.3 is 0 Å². The van der Waals surface area contributed by atoms with Crippen molar-refractivity contribution in [3.63, 3.8) is 0 Å². The first-order valence-electron chi connectivity index (χ1n) is 8.29. The fourth-order valence-electron chi connectivity index (χ4n) is 2.81. The van der Waals surface area contributed by atoms with Gasteiger partial charge in [0.15, 0.2) is 6.61 Å². The Morgan fingerprint density at radius 3 is 2.58 bits per heavy atom. The Labute approximate surface area is 159 Å². The third-order valence-corrected chi connectivity index (χ3v) is 4.33. The zero-order valence-corrected chi connectivity index (χ0v) is 17.1. The summed E-state index contributed by atoms with van der Waals surface area (Å²) in [4.78, 5) is 11.9. The molecule has 1 amide bonds. The fourth-order valence-corrected chi connectivity index (χ4v) is 3.22. The standard InChI is InChI=1S/C18H27BrN2O2.ClH/c1-18(2,3)21-17(22)12-23-16-9-8-14(19)10-13(16)11-20-15-6-4-5-7-15;/h8-10,15,20H,4-7,11-12H2,1-3H3,(H,21,22);1H. The largest absolute Gasteiger partial charge is 0.483 e. The zero-order chi connectivity index (χ0) is 16.9. The Morgan fingerprint density at radius 2 is 1.96 bits per heavy atom. The molecule has 0 spiro atoms. The lowest BCUT2D eigenvalue weighted by Crippen LogP contribution is -2.43. The topological polar surface area (TPSA) is 50.4 Å². The summed E-state index contributed by atoms with van der Waals surface area (Å²) in [6.07, 6.45) is 5.12. The molecule has 2 N–H and O–H groups in total. The van der Waals surface area contributed by atoms with Gasteiger partial charge in [-0.1, -0.05) is 28.8 Å². The highest BCUT2D eigenvalue weighted by atomic mass is 79.9. The lowest BCUT2D eigenvalue weighted by Gasteiger charge is -2.21. The first-order valence-corrected chi connectivity index (χ1v) is 9.08. The van der Waals surface area contributed by atoms with Gasteiger partial charge in [0, 0.05) is 28.2 Å². The summed E-state index contributed by atoms with van der Waals surface area (Å²) in [7, 11) is 0. The number of ether oxygens (including phenoxy) is 1. The molecule has 1 aromatic carbocycles. The van der Waals surface area contributed by atoms with E-state index in [1.807, 2.05) is 32.9 Å². The SMILES string of the molecule is CC(C)(C)NC(=O)COc1ccc(Br)cc1CNC1CCCC1.Cl. The van der Waals surface area contributed by atoms with Crippen molar-refractivity contribution in [3.05, 3.63) is 28.2 Å². The molecule has 24 heavy (non-hydrogen) atoms. The maximum atomic E-state index is 11.9. The van der Waals surface area contributed by atoms with Crippen LogP contribution < -0.4 is 15.4 Å². The van der Waals surface area contributed by atoms with Gasteiger partial charge in [-0.15, -0.1) is 12.4 Å². The van der Waals surface area contributed by atoms with Crippen LogP contribution in [0.4, 0.5) is 0 Å². The third-order valence-electron chi connectivity index (χ3n) is 3.83. The van der Waals surface area contributed by atoms with Crippen molar-refractivity contribution in [1.29, 1.82) is 0 Å². The van der Waals surface area contributed by atoms with E-state index in [9.17, 15) is 4.79 Å². The summed E-state index contributed by atoms with van der Waals surface area (Å²) in [5.74, 6) is 0.665. The summed E-state index contributed by atoms with van der Waals surface area (Å²) in [5.41, 5.74) is 0.836. The van der Waals surface area contributed by atoms with Gasteiger partial charge in [0.2, 0.25) is 0 Å². The predicted octanol–water partition coefficient (Wildman–Crippen LogP) is 4.20. The molecule has 0 aromatic heterocycles. The van der Waals surface area contributed by atoms with E-state index in [0.29, 0.717) is 6.04 Å². The van der Waals surface area contributed by atoms with Gasteiger partial charge in [0.1, 0.15) is 5.75 Å². The number of hydrogen-bond acceptors (Lipinski definition) is 3.